The number of hydrogen-bond acceptors (Lipinski definition) is 4. The second-order valence-electron chi connectivity index (χ2n) is 3.25. The van der Waals surface area contributed by atoms with Gasteiger partial charge in [0.1, 0.15) is 11.5 Å². The number of benzene rings is 1. The van der Waals surface area contributed by atoms with Crippen LogP contribution in [0.3, 0.4) is 0 Å². The largest absolute Gasteiger partial charge is 0.496 e. The third-order valence-electron chi connectivity index (χ3n) is 2.23. The quantitative estimate of drug-likeness (QED) is 0.762. The van der Waals surface area contributed by atoms with Crippen LogP contribution in [0.4, 0.5) is 0 Å². The Morgan fingerprint density at radius 2 is 1.69 bits per heavy atom. The first kappa shape index (κ1) is 12.3. The summed E-state index contributed by atoms with van der Waals surface area (Å²) in [5.74, 6) is 1.32. The fourth-order valence-electron chi connectivity index (χ4n) is 1.54. The van der Waals surface area contributed by atoms with Crippen molar-refractivity contribution in [3.63, 3.8) is 0 Å². The van der Waals surface area contributed by atoms with Gasteiger partial charge in [0.25, 0.3) is 0 Å². The van der Waals surface area contributed by atoms with Gasteiger partial charge in [0.05, 0.1) is 38.9 Å². The molecule has 0 spiro atoms. The predicted molar refractivity (Wildman–Crippen MR) is 59.6 cm³/mol. The van der Waals surface area contributed by atoms with Crippen LogP contribution in [0, 0.1) is 11.3 Å². The zero-order valence-electron chi connectivity index (χ0n) is 9.74. The summed E-state index contributed by atoms with van der Waals surface area (Å²) in [4.78, 5) is 0. The summed E-state index contributed by atoms with van der Waals surface area (Å²) in [6.07, 6.45) is 0.264. The van der Waals surface area contributed by atoms with Crippen molar-refractivity contribution in [2.75, 3.05) is 21.3 Å². The summed E-state index contributed by atoms with van der Waals surface area (Å²) < 4.78 is 15.5. The molecule has 16 heavy (non-hydrogen) atoms. The minimum atomic E-state index is 0.264. The second kappa shape index (κ2) is 5.99. The van der Waals surface area contributed by atoms with Crippen LogP contribution in [-0.4, -0.2) is 21.3 Å². The Morgan fingerprint density at radius 3 is 2.06 bits per heavy atom. The number of hydrogen-bond donors (Lipinski definition) is 0. The fraction of sp³-hybridized carbons (Fsp3) is 0.417. The van der Waals surface area contributed by atoms with E-state index in [1.807, 2.05) is 12.1 Å². The molecular weight excluding hydrogens is 206 g/mol. The molecule has 1 aromatic rings. The lowest BCUT2D eigenvalue weighted by Crippen LogP contribution is -1.99. The van der Waals surface area contributed by atoms with E-state index >= 15 is 0 Å². The Balaban J connectivity index is 3.20. The van der Waals surface area contributed by atoms with Crippen molar-refractivity contribution in [3.05, 3.63) is 23.3 Å². The molecule has 0 unspecified atom stereocenters. The summed E-state index contributed by atoms with van der Waals surface area (Å²) >= 11 is 0. The van der Waals surface area contributed by atoms with E-state index in [4.69, 9.17) is 19.5 Å². The van der Waals surface area contributed by atoms with Gasteiger partial charge in [-0.25, -0.2) is 0 Å². The van der Waals surface area contributed by atoms with Gasteiger partial charge in [-0.3, -0.25) is 0 Å². The number of rotatable bonds is 5. The van der Waals surface area contributed by atoms with Crippen molar-refractivity contribution in [3.8, 4) is 17.6 Å². The predicted octanol–water partition coefficient (Wildman–Crippen LogP) is 1.92. The molecule has 0 saturated heterocycles. The van der Waals surface area contributed by atoms with Gasteiger partial charge < -0.3 is 14.2 Å². The van der Waals surface area contributed by atoms with Gasteiger partial charge in [0, 0.05) is 7.11 Å². The van der Waals surface area contributed by atoms with E-state index in [0.29, 0.717) is 18.1 Å². The molecule has 4 heteroatoms. The lowest BCUT2D eigenvalue weighted by Gasteiger charge is -2.13. The zero-order valence-corrected chi connectivity index (χ0v) is 9.74. The molecule has 86 valence electrons. The summed E-state index contributed by atoms with van der Waals surface area (Å²) in [7, 11) is 4.78. The third-order valence-corrected chi connectivity index (χ3v) is 2.23. The first-order chi connectivity index (χ1) is 7.76. The molecule has 0 aliphatic rings. The van der Waals surface area contributed by atoms with Gasteiger partial charge in [-0.1, -0.05) is 0 Å². The van der Waals surface area contributed by atoms with Crippen molar-refractivity contribution in [1.29, 1.82) is 5.26 Å². The minimum Gasteiger partial charge on any atom is -0.496 e. The van der Waals surface area contributed by atoms with Crippen LogP contribution < -0.4 is 9.47 Å². The molecule has 0 heterocycles. The monoisotopic (exact) mass is 221 g/mol. The molecule has 0 radical (unpaired) electrons. The van der Waals surface area contributed by atoms with Crippen molar-refractivity contribution in [2.24, 2.45) is 0 Å². The van der Waals surface area contributed by atoms with Crippen LogP contribution in [-0.2, 0) is 17.8 Å². The smallest absolute Gasteiger partial charge is 0.127 e. The lowest BCUT2D eigenvalue weighted by molar-refractivity contribution is 0.184. The highest BCUT2D eigenvalue weighted by atomic mass is 16.5. The number of methoxy groups -OCH3 is 3. The SMILES string of the molecule is COCc1cc(OC)c(CC#N)c(OC)c1. The number of nitriles is 1. The molecule has 0 saturated carbocycles. The van der Waals surface area contributed by atoms with E-state index < -0.39 is 0 Å². The van der Waals surface area contributed by atoms with E-state index in [2.05, 4.69) is 6.07 Å². The summed E-state index contributed by atoms with van der Waals surface area (Å²) in [5.41, 5.74) is 1.73. The Morgan fingerprint density at radius 1 is 1.12 bits per heavy atom. The average molecular weight is 221 g/mol. The maximum absolute atomic E-state index is 8.75. The van der Waals surface area contributed by atoms with Gasteiger partial charge >= 0.3 is 0 Å². The number of nitrogens with zero attached hydrogens (tertiary/aromatic N) is 1. The third kappa shape index (κ3) is 2.65. The molecule has 0 atom stereocenters. The maximum atomic E-state index is 8.75. The molecule has 0 N–H and O–H groups in total. The molecule has 0 aromatic heterocycles. The van der Waals surface area contributed by atoms with Gasteiger partial charge in [0.2, 0.25) is 0 Å². The van der Waals surface area contributed by atoms with E-state index in [9.17, 15) is 0 Å². The molecule has 4 nitrogen and oxygen atoms in total. The van der Waals surface area contributed by atoms with E-state index in [-0.39, 0.29) is 6.42 Å². The van der Waals surface area contributed by atoms with Crippen LogP contribution in [0.25, 0.3) is 0 Å². The highest BCUT2D eigenvalue weighted by Crippen LogP contribution is 2.31. The minimum absolute atomic E-state index is 0.264. The van der Waals surface area contributed by atoms with Gasteiger partial charge in [-0.2, -0.15) is 5.26 Å². The molecule has 0 bridgehead atoms. The van der Waals surface area contributed by atoms with E-state index in [1.165, 1.54) is 0 Å². The molecular formula is C12H15NO3. The molecule has 1 rings (SSSR count). The van der Waals surface area contributed by atoms with Crippen molar-refractivity contribution < 1.29 is 14.2 Å². The highest BCUT2D eigenvalue weighted by Gasteiger charge is 2.12. The lowest BCUT2D eigenvalue weighted by atomic mass is 10.1. The normalized spacial score (nSPS) is 9.62. The van der Waals surface area contributed by atoms with Crippen LogP contribution in [0.15, 0.2) is 12.1 Å². The standard InChI is InChI=1S/C12H15NO3/c1-14-8-9-6-11(15-2)10(4-5-13)12(7-9)16-3/h6-7H,4,8H2,1-3H3. The van der Waals surface area contributed by atoms with E-state index in [0.717, 1.165) is 11.1 Å². The Labute approximate surface area is 95.4 Å². The van der Waals surface area contributed by atoms with Gasteiger partial charge in [0.15, 0.2) is 0 Å². The van der Waals surface area contributed by atoms with Crippen LogP contribution in [0.1, 0.15) is 11.1 Å². The molecule has 1 aromatic carbocycles. The highest BCUT2D eigenvalue weighted by molar-refractivity contribution is 5.49. The topological polar surface area (TPSA) is 51.5 Å². The van der Waals surface area contributed by atoms with Crippen LogP contribution in [0.2, 0.25) is 0 Å². The van der Waals surface area contributed by atoms with Crippen LogP contribution >= 0.6 is 0 Å². The summed E-state index contributed by atoms with van der Waals surface area (Å²) in [6, 6.07) is 5.81. The van der Waals surface area contributed by atoms with Gasteiger partial charge in [-0.15, -0.1) is 0 Å². The zero-order chi connectivity index (χ0) is 12.0. The Hall–Kier alpha value is -1.73. The van der Waals surface area contributed by atoms with Crippen molar-refractivity contribution in [1.82, 2.24) is 0 Å². The molecule has 0 amide bonds. The number of ether oxygens (including phenoxy) is 3. The maximum Gasteiger partial charge on any atom is 0.127 e. The molecule has 0 aliphatic heterocycles. The molecule has 0 aliphatic carbocycles. The van der Waals surface area contributed by atoms with E-state index in [1.54, 1.807) is 21.3 Å². The fourth-order valence-corrected chi connectivity index (χ4v) is 1.54. The summed E-state index contributed by atoms with van der Waals surface area (Å²) in [5, 5.41) is 8.75. The first-order valence-electron chi connectivity index (χ1n) is 4.86. The molecule has 0 fully saturated rings. The first-order valence-corrected chi connectivity index (χ1v) is 4.86. The Bertz CT molecular complexity index is 371. The van der Waals surface area contributed by atoms with Crippen LogP contribution in [0.5, 0.6) is 11.5 Å². The summed E-state index contributed by atoms with van der Waals surface area (Å²) in [6.45, 7) is 0.486. The van der Waals surface area contributed by atoms with Gasteiger partial charge in [-0.05, 0) is 17.7 Å². The Kier molecular flexibility index (Phi) is 4.62. The van der Waals surface area contributed by atoms with Crippen molar-refractivity contribution >= 4 is 0 Å². The average Bonchev–Trinajstić information content (AvgIpc) is 2.31. The second-order valence-corrected chi connectivity index (χ2v) is 3.25. The van der Waals surface area contributed by atoms with Crippen molar-refractivity contribution in [2.45, 2.75) is 13.0 Å².